The average molecular weight is 313 g/mol. The molecule has 2 aromatic rings. The predicted molar refractivity (Wildman–Crippen MR) is 94.3 cm³/mol. The zero-order chi connectivity index (χ0) is 15.8. The molecule has 0 aliphatic heterocycles. The van der Waals surface area contributed by atoms with Crippen LogP contribution in [-0.2, 0) is 11.2 Å². The van der Waals surface area contributed by atoms with Gasteiger partial charge in [-0.25, -0.2) is 0 Å². The fourth-order valence-electron chi connectivity index (χ4n) is 2.27. The van der Waals surface area contributed by atoms with Crippen LogP contribution in [0.2, 0.25) is 0 Å². The van der Waals surface area contributed by atoms with E-state index in [0.717, 1.165) is 24.3 Å². The van der Waals surface area contributed by atoms with Gasteiger partial charge in [0.25, 0.3) is 0 Å². The largest absolute Gasteiger partial charge is 0.355 e. The second kappa shape index (κ2) is 8.64. The van der Waals surface area contributed by atoms with Gasteiger partial charge in [-0.2, -0.15) is 0 Å². The predicted octanol–water partition coefficient (Wildman–Crippen LogP) is 4.22. The van der Waals surface area contributed by atoms with E-state index in [2.05, 4.69) is 36.5 Å². The SMILES string of the molecule is Cc1cccc(CCCNC(=O)[C@@H](C)Sc2ccccc2)c1. The first-order chi connectivity index (χ1) is 10.6. The Morgan fingerprint density at radius 2 is 1.91 bits per heavy atom. The van der Waals surface area contributed by atoms with Crippen molar-refractivity contribution in [2.45, 2.75) is 36.8 Å². The molecule has 0 aromatic heterocycles. The number of benzene rings is 2. The lowest BCUT2D eigenvalue weighted by molar-refractivity contribution is -0.120. The Morgan fingerprint density at radius 3 is 2.64 bits per heavy atom. The summed E-state index contributed by atoms with van der Waals surface area (Å²) in [5, 5.41) is 2.96. The normalized spacial score (nSPS) is 11.9. The van der Waals surface area contributed by atoms with E-state index in [1.165, 1.54) is 11.1 Å². The summed E-state index contributed by atoms with van der Waals surface area (Å²) < 4.78 is 0. The molecular weight excluding hydrogens is 290 g/mol. The average Bonchev–Trinajstić information content (AvgIpc) is 2.52. The summed E-state index contributed by atoms with van der Waals surface area (Å²) in [6, 6.07) is 18.6. The van der Waals surface area contributed by atoms with Gasteiger partial charge in [-0.15, -0.1) is 11.8 Å². The molecule has 2 aromatic carbocycles. The van der Waals surface area contributed by atoms with Crippen LogP contribution in [0, 0.1) is 6.92 Å². The minimum absolute atomic E-state index is 0.0682. The molecule has 2 nitrogen and oxygen atoms in total. The van der Waals surface area contributed by atoms with Crippen LogP contribution < -0.4 is 5.32 Å². The molecule has 0 aliphatic carbocycles. The van der Waals surface area contributed by atoms with Crippen LogP contribution in [0.4, 0.5) is 0 Å². The number of aryl methyl sites for hydroxylation is 2. The van der Waals surface area contributed by atoms with Crippen molar-refractivity contribution in [2.75, 3.05) is 6.54 Å². The van der Waals surface area contributed by atoms with Gasteiger partial charge in [-0.3, -0.25) is 4.79 Å². The lowest BCUT2D eigenvalue weighted by atomic mass is 10.1. The molecule has 0 aliphatic rings. The van der Waals surface area contributed by atoms with Gasteiger partial charge in [0, 0.05) is 11.4 Å². The molecule has 0 unspecified atom stereocenters. The van der Waals surface area contributed by atoms with Gasteiger partial charge < -0.3 is 5.32 Å². The molecule has 0 fully saturated rings. The number of carbonyl (C=O) groups excluding carboxylic acids is 1. The van der Waals surface area contributed by atoms with Crippen LogP contribution in [-0.4, -0.2) is 17.7 Å². The standard InChI is InChI=1S/C19H23NOS/c1-15-8-6-9-17(14-15)10-7-13-20-19(21)16(2)22-18-11-4-3-5-12-18/h3-6,8-9,11-12,14,16H,7,10,13H2,1-2H3,(H,20,21)/t16-/m1/s1. The zero-order valence-electron chi connectivity index (χ0n) is 13.2. The molecule has 1 amide bonds. The van der Waals surface area contributed by atoms with E-state index in [-0.39, 0.29) is 11.2 Å². The molecule has 1 N–H and O–H groups in total. The fraction of sp³-hybridized carbons (Fsp3) is 0.316. The maximum absolute atomic E-state index is 12.1. The van der Waals surface area contributed by atoms with Crippen molar-refractivity contribution in [2.24, 2.45) is 0 Å². The van der Waals surface area contributed by atoms with E-state index in [1.807, 2.05) is 37.3 Å². The van der Waals surface area contributed by atoms with Gasteiger partial charge in [0.2, 0.25) is 5.91 Å². The van der Waals surface area contributed by atoms with Crippen LogP contribution >= 0.6 is 11.8 Å². The molecule has 2 rings (SSSR count). The molecular formula is C19H23NOS. The van der Waals surface area contributed by atoms with E-state index >= 15 is 0 Å². The Labute approximate surface area is 137 Å². The monoisotopic (exact) mass is 313 g/mol. The van der Waals surface area contributed by atoms with Gasteiger partial charge >= 0.3 is 0 Å². The quantitative estimate of drug-likeness (QED) is 0.612. The van der Waals surface area contributed by atoms with Gasteiger partial charge in [-0.1, -0.05) is 48.0 Å². The van der Waals surface area contributed by atoms with Gasteiger partial charge in [0.15, 0.2) is 0 Å². The van der Waals surface area contributed by atoms with E-state index < -0.39 is 0 Å². The van der Waals surface area contributed by atoms with E-state index in [9.17, 15) is 4.79 Å². The van der Waals surface area contributed by atoms with Crippen molar-refractivity contribution >= 4 is 17.7 Å². The second-order valence-electron chi connectivity index (χ2n) is 5.46. The number of nitrogens with one attached hydrogen (secondary N) is 1. The number of rotatable bonds is 7. The third-order valence-electron chi connectivity index (χ3n) is 3.45. The van der Waals surface area contributed by atoms with E-state index in [1.54, 1.807) is 11.8 Å². The molecule has 1 atom stereocenters. The van der Waals surface area contributed by atoms with Gasteiger partial charge in [0.1, 0.15) is 0 Å². The van der Waals surface area contributed by atoms with Crippen molar-refractivity contribution in [1.82, 2.24) is 5.32 Å². The third-order valence-corrected chi connectivity index (χ3v) is 4.56. The summed E-state index contributed by atoms with van der Waals surface area (Å²) in [5.41, 5.74) is 2.62. The number of hydrogen-bond acceptors (Lipinski definition) is 2. The number of hydrogen-bond donors (Lipinski definition) is 1. The van der Waals surface area contributed by atoms with Crippen molar-refractivity contribution < 1.29 is 4.79 Å². The fourth-order valence-corrected chi connectivity index (χ4v) is 3.19. The van der Waals surface area contributed by atoms with Crippen LogP contribution in [0.15, 0.2) is 59.5 Å². The number of carbonyl (C=O) groups is 1. The summed E-state index contributed by atoms with van der Waals surface area (Å²) >= 11 is 1.60. The van der Waals surface area contributed by atoms with Crippen LogP contribution in [0.25, 0.3) is 0 Å². The first-order valence-electron chi connectivity index (χ1n) is 7.70. The highest BCUT2D eigenvalue weighted by atomic mass is 32.2. The minimum Gasteiger partial charge on any atom is -0.355 e. The maximum Gasteiger partial charge on any atom is 0.233 e. The summed E-state index contributed by atoms with van der Waals surface area (Å²) in [6.45, 7) is 4.79. The summed E-state index contributed by atoms with van der Waals surface area (Å²) in [4.78, 5) is 13.2. The molecule has 3 heteroatoms. The molecule has 22 heavy (non-hydrogen) atoms. The Hall–Kier alpha value is -1.74. The summed E-state index contributed by atoms with van der Waals surface area (Å²) in [7, 11) is 0. The molecule has 0 saturated carbocycles. The summed E-state index contributed by atoms with van der Waals surface area (Å²) in [6.07, 6.45) is 1.97. The number of amides is 1. The molecule has 116 valence electrons. The molecule has 0 radical (unpaired) electrons. The number of thioether (sulfide) groups is 1. The molecule has 0 bridgehead atoms. The minimum atomic E-state index is -0.0682. The Kier molecular flexibility index (Phi) is 6.53. The van der Waals surface area contributed by atoms with Crippen molar-refractivity contribution in [1.29, 1.82) is 0 Å². The zero-order valence-corrected chi connectivity index (χ0v) is 14.0. The highest BCUT2D eigenvalue weighted by Gasteiger charge is 2.13. The van der Waals surface area contributed by atoms with Crippen LogP contribution in [0.1, 0.15) is 24.5 Å². The second-order valence-corrected chi connectivity index (χ2v) is 6.87. The van der Waals surface area contributed by atoms with Crippen molar-refractivity contribution in [3.8, 4) is 0 Å². The van der Waals surface area contributed by atoms with Crippen molar-refractivity contribution in [3.63, 3.8) is 0 Å². The highest BCUT2D eigenvalue weighted by molar-refractivity contribution is 8.00. The molecule has 0 spiro atoms. The Morgan fingerprint density at radius 1 is 1.14 bits per heavy atom. The third kappa shape index (κ3) is 5.57. The maximum atomic E-state index is 12.1. The van der Waals surface area contributed by atoms with E-state index in [0.29, 0.717) is 0 Å². The lowest BCUT2D eigenvalue weighted by Gasteiger charge is -2.12. The lowest BCUT2D eigenvalue weighted by Crippen LogP contribution is -2.31. The molecule has 0 heterocycles. The van der Waals surface area contributed by atoms with Gasteiger partial charge in [0.05, 0.1) is 5.25 Å². The van der Waals surface area contributed by atoms with Gasteiger partial charge in [-0.05, 0) is 44.4 Å². The summed E-state index contributed by atoms with van der Waals surface area (Å²) in [5.74, 6) is 0.109. The highest BCUT2D eigenvalue weighted by Crippen LogP contribution is 2.22. The smallest absolute Gasteiger partial charge is 0.233 e. The topological polar surface area (TPSA) is 29.1 Å². The first kappa shape index (κ1) is 16.6. The Balaban J connectivity index is 1.69. The van der Waals surface area contributed by atoms with Crippen LogP contribution in [0.3, 0.4) is 0 Å². The Bertz CT molecular complexity index is 597. The first-order valence-corrected chi connectivity index (χ1v) is 8.58. The van der Waals surface area contributed by atoms with Crippen molar-refractivity contribution in [3.05, 3.63) is 65.7 Å². The molecule has 0 saturated heterocycles. The van der Waals surface area contributed by atoms with Crippen LogP contribution in [0.5, 0.6) is 0 Å². The van der Waals surface area contributed by atoms with E-state index in [4.69, 9.17) is 0 Å².